The van der Waals surface area contributed by atoms with Crippen LogP contribution in [0.1, 0.15) is 45.4 Å². The van der Waals surface area contributed by atoms with Crippen LogP contribution >= 0.6 is 0 Å². The molecular formula is C14H26N2O. The molecule has 0 bridgehead atoms. The second kappa shape index (κ2) is 4.87. The maximum absolute atomic E-state index is 10.1. The van der Waals surface area contributed by atoms with Crippen LogP contribution in [0, 0.1) is 0 Å². The lowest BCUT2D eigenvalue weighted by atomic mass is 9.95. The summed E-state index contributed by atoms with van der Waals surface area (Å²) in [4.78, 5) is 5.30. The third-order valence-electron chi connectivity index (χ3n) is 5.11. The summed E-state index contributed by atoms with van der Waals surface area (Å²) >= 11 is 0. The molecule has 2 saturated heterocycles. The molecule has 0 aromatic carbocycles. The zero-order chi connectivity index (χ0) is 11.8. The number of aliphatic hydroxyl groups excluding tert-OH is 1. The second-order valence-electron chi connectivity index (χ2n) is 6.26. The van der Waals surface area contributed by atoms with Gasteiger partial charge in [-0.05, 0) is 45.6 Å². The molecule has 4 atom stereocenters. The monoisotopic (exact) mass is 238 g/mol. The van der Waals surface area contributed by atoms with Gasteiger partial charge in [0.15, 0.2) is 0 Å². The highest BCUT2D eigenvalue weighted by atomic mass is 16.3. The van der Waals surface area contributed by atoms with Crippen molar-refractivity contribution in [3.63, 3.8) is 0 Å². The molecule has 0 spiro atoms. The first-order valence-corrected chi connectivity index (χ1v) is 7.43. The molecule has 3 rings (SSSR count). The van der Waals surface area contributed by atoms with Crippen LogP contribution < -0.4 is 0 Å². The molecule has 1 aliphatic carbocycles. The van der Waals surface area contributed by atoms with Gasteiger partial charge >= 0.3 is 0 Å². The van der Waals surface area contributed by atoms with Crippen LogP contribution in [0.5, 0.6) is 0 Å². The van der Waals surface area contributed by atoms with Crippen molar-refractivity contribution in [1.82, 2.24) is 9.80 Å². The van der Waals surface area contributed by atoms with E-state index in [9.17, 15) is 5.11 Å². The number of rotatable bonds is 1. The molecule has 0 aromatic heterocycles. The van der Waals surface area contributed by atoms with Crippen molar-refractivity contribution in [2.75, 3.05) is 19.6 Å². The number of aliphatic hydroxyl groups is 1. The summed E-state index contributed by atoms with van der Waals surface area (Å²) in [5.41, 5.74) is 0. The Kier molecular flexibility index (Phi) is 3.42. The van der Waals surface area contributed by atoms with E-state index >= 15 is 0 Å². The van der Waals surface area contributed by atoms with E-state index in [1.807, 2.05) is 0 Å². The Labute approximate surface area is 105 Å². The van der Waals surface area contributed by atoms with Crippen LogP contribution in [0.3, 0.4) is 0 Å². The van der Waals surface area contributed by atoms with Crippen LogP contribution in [0.15, 0.2) is 0 Å². The van der Waals surface area contributed by atoms with E-state index in [-0.39, 0.29) is 6.10 Å². The van der Waals surface area contributed by atoms with Crippen molar-refractivity contribution < 1.29 is 5.11 Å². The summed E-state index contributed by atoms with van der Waals surface area (Å²) in [7, 11) is 0. The van der Waals surface area contributed by atoms with E-state index < -0.39 is 0 Å². The van der Waals surface area contributed by atoms with E-state index in [4.69, 9.17) is 0 Å². The number of piperazine rings is 1. The standard InChI is InChI=1S/C14H26N2O/c1-11-9-15-8-3-2-5-12(15)10-16(11)13-6-4-7-14(13)17/h11-14,17H,2-10H2,1H3/t11?,12?,13-,14-/m0/s1. The van der Waals surface area contributed by atoms with E-state index in [2.05, 4.69) is 16.7 Å². The molecule has 17 heavy (non-hydrogen) atoms. The van der Waals surface area contributed by atoms with E-state index in [0.29, 0.717) is 12.1 Å². The van der Waals surface area contributed by atoms with Gasteiger partial charge in [-0.3, -0.25) is 9.80 Å². The van der Waals surface area contributed by atoms with Crippen LogP contribution in [-0.4, -0.2) is 58.8 Å². The van der Waals surface area contributed by atoms with Crippen LogP contribution in [0.2, 0.25) is 0 Å². The fraction of sp³-hybridized carbons (Fsp3) is 1.00. The topological polar surface area (TPSA) is 26.7 Å². The summed E-state index contributed by atoms with van der Waals surface area (Å²) in [6.07, 6.45) is 7.52. The fourth-order valence-corrected chi connectivity index (χ4v) is 4.14. The lowest BCUT2D eigenvalue weighted by Gasteiger charge is -2.50. The molecule has 2 aliphatic heterocycles. The minimum Gasteiger partial charge on any atom is -0.391 e. The number of hydrogen-bond acceptors (Lipinski definition) is 3. The molecule has 3 heteroatoms. The minimum atomic E-state index is -0.0624. The van der Waals surface area contributed by atoms with Crippen molar-refractivity contribution in [2.24, 2.45) is 0 Å². The Hall–Kier alpha value is -0.120. The lowest BCUT2D eigenvalue weighted by Crippen LogP contribution is -2.62. The van der Waals surface area contributed by atoms with Gasteiger partial charge in [0, 0.05) is 31.2 Å². The molecule has 0 aromatic rings. The SMILES string of the molecule is CC1CN2CCCCC2CN1[C@H]1CCC[C@@H]1O. The largest absolute Gasteiger partial charge is 0.391 e. The molecule has 1 N–H and O–H groups in total. The molecular weight excluding hydrogens is 212 g/mol. The van der Waals surface area contributed by atoms with Gasteiger partial charge in [0.2, 0.25) is 0 Å². The first-order valence-electron chi connectivity index (χ1n) is 7.43. The summed E-state index contributed by atoms with van der Waals surface area (Å²) in [6.45, 7) is 6.06. The zero-order valence-corrected chi connectivity index (χ0v) is 11.0. The van der Waals surface area contributed by atoms with E-state index in [1.165, 1.54) is 51.7 Å². The van der Waals surface area contributed by atoms with Gasteiger partial charge in [0.05, 0.1) is 6.10 Å². The van der Waals surface area contributed by atoms with Gasteiger partial charge in [-0.15, -0.1) is 0 Å². The molecule has 0 radical (unpaired) electrons. The van der Waals surface area contributed by atoms with E-state index in [0.717, 1.165) is 12.5 Å². The third kappa shape index (κ3) is 2.25. The molecule has 2 unspecified atom stereocenters. The smallest absolute Gasteiger partial charge is 0.0695 e. The molecule has 3 nitrogen and oxygen atoms in total. The minimum absolute atomic E-state index is 0.0624. The number of nitrogens with zero attached hydrogens (tertiary/aromatic N) is 2. The highest BCUT2D eigenvalue weighted by Gasteiger charge is 2.39. The third-order valence-corrected chi connectivity index (χ3v) is 5.11. The fourth-order valence-electron chi connectivity index (χ4n) is 4.14. The predicted octanol–water partition coefficient (Wildman–Crippen LogP) is 1.46. The van der Waals surface area contributed by atoms with Crippen molar-refractivity contribution in [3.05, 3.63) is 0 Å². The molecule has 3 aliphatic rings. The Morgan fingerprint density at radius 1 is 1.00 bits per heavy atom. The Balaban J connectivity index is 1.68. The lowest BCUT2D eigenvalue weighted by molar-refractivity contribution is -0.0338. The average Bonchev–Trinajstić information content (AvgIpc) is 2.74. The maximum atomic E-state index is 10.1. The Morgan fingerprint density at radius 3 is 2.65 bits per heavy atom. The number of fused-ring (bicyclic) bond motifs is 1. The maximum Gasteiger partial charge on any atom is 0.0695 e. The van der Waals surface area contributed by atoms with Gasteiger partial charge in [0.1, 0.15) is 0 Å². The van der Waals surface area contributed by atoms with Crippen LogP contribution in [0.4, 0.5) is 0 Å². The van der Waals surface area contributed by atoms with E-state index in [1.54, 1.807) is 0 Å². The first-order chi connectivity index (χ1) is 8.25. The Bertz CT molecular complexity index is 271. The van der Waals surface area contributed by atoms with Crippen molar-refractivity contribution in [2.45, 2.75) is 69.7 Å². The number of piperidine rings is 1. The predicted molar refractivity (Wildman–Crippen MR) is 69.0 cm³/mol. The summed E-state index contributed by atoms with van der Waals surface area (Å²) in [5, 5.41) is 10.1. The van der Waals surface area contributed by atoms with Crippen LogP contribution in [0.25, 0.3) is 0 Å². The first kappa shape index (κ1) is 11.9. The van der Waals surface area contributed by atoms with Gasteiger partial charge in [-0.1, -0.05) is 6.42 Å². The zero-order valence-electron chi connectivity index (χ0n) is 11.0. The van der Waals surface area contributed by atoms with Gasteiger partial charge < -0.3 is 5.11 Å². The molecule has 2 heterocycles. The van der Waals surface area contributed by atoms with Gasteiger partial charge in [-0.25, -0.2) is 0 Å². The molecule has 0 amide bonds. The summed E-state index contributed by atoms with van der Waals surface area (Å²) < 4.78 is 0. The average molecular weight is 238 g/mol. The normalized spacial score (nSPS) is 44.8. The highest BCUT2D eigenvalue weighted by molar-refractivity contribution is 4.95. The van der Waals surface area contributed by atoms with Crippen LogP contribution in [-0.2, 0) is 0 Å². The second-order valence-corrected chi connectivity index (χ2v) is 6.26. The number of hydrogen-bond donors (Lipinski definition) is 1. The molecule has 1 saturated carbocycles. The molecule has 3 fully saturated rings. The Morgan fingerprint density at radius 2 is 1.88 bits per heavy atom. The van der Waals surface area contributed by atoms with Crippen molar-refractivity contribution in [1.29, 1.82) is 0 Å². The summed E-state index contributed by atoms with van der Waals surface area (Å²) in [6, 6.07) is 1.85. The van der Waals surface area contributed by atoms with Crippen molar-refractivity contribution in [3.8, 4) is 0 Å². The van der Waals surface area contributed by atoms with Crippen molar-refractivity contribution >= 4 is 0 Å². The summed E-state index contributed by atoms with van der Waals surface area (Å²) in [5.74, 6) is 0. The van der Waals surface area contributed by atoms with Gasteiger partial charge in [-0.2, -0.15) is 0 Å². The highest BCUT2D eigenvalue weighted by Crippen LogP contribution is 2.31. The molecule has 98 valence electrons. The van der Waals surface area contributed by atoms with Gasteiger partial charge in [0.25, 0.3) is 0 Å². The quantitative estimate of drug-likeness (QED) is 0.749.